The van der Waals surface area contributed by atoms with Crippen molar-refractivity contribution in [1.82, 2.24) is 4.98 Å². The van der Waals surface area contributed by atoms with Crippen molar-refractivity contribution in [3.05, 3.63) is 40.2 Å². The number of aryl methyl sites for hydroxylation is 1. The van der Waals surface area contributed by atoms with Gasteiger partial charge in [-0.25, -0.2) is 14.2 Å². The Bertz CT molecular complexity index is 661. The van der Waals surface area contributed by atoms with E-state index in [-0.39, 0.29) is 16.6 Å². The summed E-state index contributed by atoms with van der Waals surface area (Å²) in [5, 5.41) is 9.66. The molecule has 3 nitrogen and oxygen atoms in total. The van der Waals surface area contributed by atoms with E-state index in [9.17, 15) is 14.3 Å². The molecule has 0 amide bonds. The SMILES string of the molecule is Cc1cccc(-c2nc(C3CC3)c(C(=O)O)s2)c1F. The van der Waals surface area contributed by atoms with E-state index in [1.165, 1.54) is 0 Å². The minimum Gasteiger partial charge on any atom is -0.477 e. The summed E-state index contributed by atoms with van der Waals surface area (Å²) in [5.74, 6) is -1.06. The van der Waals surface area contributed by atoms with E-state index in [4.69, 9.17) is 0 Å². The first-order valence-electron chi connectivity index (χ1n) is 6.07. The highest BCUT2D eigenvalue weighted by atomic mass is 32.1. The number of hydrogen-bond donors (Lipinski definition) is 1. The minimum atomic E-state index is -0.973. The fourth-order valence-electron chi connectivity index (χ4n) is 2.05. The van der Waals surface area contributed by atoms with Gasteiger partial charge in [0.1, 0.15) is 15.7 Å². The van der Waals surface area contributed by atoms with Crippen LogP contribution in [0.2, 0.25) is 0 Å². The molecule has 0 saturated heterocycles. The van der Waals surface area contributed by atoms with E-state index >= 15 is 0 Å². The van der Waals surface area contributed by atoms with E-state index in [1.807, 2.05) is 0 Å². The zero-order chi connectivity index (χ0) is 13.6. The third-order valence-electron chi connectivity index (χ3n) is 3.23. The van der Waals surface area contributed by atoms with Gasteiger partial charge in [0.05, 0.1) is 5.69 Å². The third kappa shape index (κ3) is 2.14. The summed E-state index contributed by atoms with van der Waals surface area (Å²) >= 11 is 1.06. The molecule has 1 heterocycles. The summed E-state index contributed by atoms with van der Waals surface area (Å²) in [7, 11) is 0. The van der Waals surface area contributed by atoms with Gasteiger partial charge in [-0.05, 0) is 31.4 Å². The lowest BCUT2D eigenvalue weighted by atomic mass is 10.1. The monoisotopic (exact) mass is 277 g/mol. The lowest BCUT2D eigenvalue weighted by Gasteiger charge is -2.01. The molecule has 1 saturated carbocycles. The van der Waals surface area contributed by atoms with Crippen LogP contribution in [-0.2, 0) is 0 Å². The summed E-state index contributed by atoms with van der Waals surface area (Å²) in [5.41, 5.74) is 1.55. The van der Waals surface area contributed by atoms with Gasteiger partial charge in [0.25, 0.3) is 0 Å². The van der Waals surface area contributed by atoms with Gasteiger partial charge in [-0.3, -0.25) is 0 Å². The van der Waals surface area contributed by atoms with Gasteiger partial charge >= 0.3 is 5.97 Å². The van der Waals surface area contributed by atoms with E-state index < -0.39 is 5.97 Å². The standard InChI is InChI=1S/C14H12FNO2S/c1-7-3-2-4-9(10(7)15)13-16-11(8-5-6-8)12(19-13)14(17)18/h2-4,8H,5-6H2,1H3,(H,17,18). The number of hydrogen-bond acceptors (Lipinski definition) is 3. The first-order chi connectivity index (χ1) is 9.08. The first-order valence-corrected chi connectivity index (χ1v) is 6.89. The average molecular weight is 277 g/mol. The molecule has 98 valence electrons. The van der Waals surface area contributed by atoms with Gasteiger partial charge in [-0.15, -0.1) is 11.3 Å². The number of benzene rings is 1. The highest BCUT2D eigenvalue weighted by Crippen LogP contribution is 2.44. The topological polar surface area (TPSA) is 50.2 Å². The number of carbonyl (C=O) groups is 1. The molecular formula is C14H12FNO2S. The second-order valence-corrected chi connectivity index (χ2v) is 5.75. The Kier molecular flexibility index (Phi) is 2.86. The van der Waals surface area contributed by atoms with Crippen molar-refractivity contribution in [2.45, 2.75) is 25.7 Å². The van der Waals surface area contributed by atoms with Crippen molar-refractivity contribution < 1.29 is 14.3 Å². The Labute approximate surface area is 113 Å². The maximum Gasteiger partial charge on any atom is 0.347 e. The number of carboxylic acid groups (broad SMARTS) is 1. The quantitative estimate of drug-likeness (QED) is 0.927. The van der Waals surface area contributed by atoms with Crippen LogP contribution in [0.15, 0.2) is 18.2 Å². The van der Waals surface area contributed by atoms with Crippen LogP contribution in [0.5, 0.6) is 0 Å². The molecule has 0 radical (unpaired) electrons. The molecular weight excluding hydrogens is 265 g/mol. The number of carboxylic acids is 1. The third-order valence-corrected chi connectivity index (χ3v) is 4.33. The Morgan fingerprint density at radius 3 is 2.84 bits per heavy atom. The predicted molar refractivity (Wildman–Crippen MR) is 71.2 cm³/mol. The summed E-state index contributed by atoms with van der Waals surface area (Å²) in [6, 6.07) is 5.09. The van der Waals surface area contributed by atoms with Crippen LogP contribution in [-0.4, -0.2) is 16.1 Å². The van der Waals surface area contributed by atoms with E-state index in [2.05, 4.69) is 4.98 Å². The van der Waals surface area contributed by atoms with Crippen LogP contribution >= 0.6 is 11.3 Å². The molecule has 1 aromatic heterocycles. The molecule has 0 aliphatic heterocycles. The van der Waals surface area contributed by atoms with Crippen molar-refractivity contribution in [3.8, 4) is 10.6 Å². The second kappa shape index (κ2) is 4.42. The molecule has 0 atom stereocenters. The molecule has 1 fully saturated rings. The highest BCUT2D eigenvalue weighted by Gasteiger charge is 2.32. The maximum atomic E-state index is 14.1. The van der Waals surface area contributed by atoms with Gasteiger partial charge in [-0.2, -0.15) is 0 Å². The van der Waals surface area contributed by atoms with Crippen LogP contribution in [0.25, 0.3) is 10.6 Å². The van der Waals surface area contributed by atoms with Crippen LogP contribution in [0.4, 0.5) is 4.39 Å². The molecule has 0 spiro atoms. The molecule has 1 aliphatic carbocycles. The molecule has 5 heteroatoms. The van der Waals surface area contributed by atoms with Crippen molar-refractivity contribution in [3.63, 3.8) is 0 Å². The number of aromatic carboxylic acids is 1. The highest BCUT2D eigenvalue weighted by molar-refractivity contribution is 7.17. The van der Waals surface area contributed by atoms with Gasteiger partial charge in [-0.1, -0.05) is 12.1 Å². The maximum absolute atomic E-state index is 14.1. The number of nitrogens with zero attached hydrogens (tertiary/aromatic N) is 1. The van der Waals surface area contributed by atoms with Gasteiger partial charge in [0.15, 0.2) is 0 Å². The normalized spacial score (nSPS) is 14.6. The van der Waals surface area contributed by atoms with Crippen LogP contribution < -0.4 is 0 Å². The molecule has 1 N–H and O–H groups in total. The molecule has 3 rings (SSSR count). The largest absolute Gasteiger partial charge is 0.477 e. The van der Waals surface area contributed by atoms with E-state index in [0.29, 0.717) is 21.8 Å². The molecule has 2 aromatic rings. The molecule has 1 aromatic carbocycles. The van der Waals surface area contributed by atoms with Gasteiger partial charge in [0, 0.05) is 11.5 Å². The Hall–Kier alpha value is -1.75. The van der Waals surface area contributed by atoms with Crippen molar-refractivity contribution >= 4 is 17.3 Å². The van der Waals surface area contributed by atoms with Gasteiger partial charge in [0.2, 0.25) is 0 Å². The molecule has 1 aliphatic rings. The number of halogens is 1. The van der Waals surface area contributed by atoms with Crippen LogP contribution in [0, 0.1) is 12.7 Å². The zero-order valence-electron chi connectivity index (χ0n) is 10.3. The Morgan fingerprint density at radius 2 is 2.21 bits per heavy atom. The Morgan fingerprint density at radius 1 is 1.47 bits per heavy atom. The number of thiazole rings is 1. The minimum absolute atomic E-state index is 0.240. The van der Waals surface area contributed by atoms with Crippen LogP contribution in [0.1, 0.15) is 39.7 Å². The van der Waals surface area contributed by atoms with Crippen molar-refractivity contribution in [2.75, 3.05) is 0 Å². The lowest BCUT2D eigenvalue weighted by Crippen LogP contribution is -1.97. The molecule has 19 heavy (non-hydrogen) atoms. The summed E-state index contributed by atoms with van der Waals surface area (Å²) in [4.78, 5) is 15.8. The summed E-state index contributed by atoms with van der Waals surface area (Å²) < 4.78 is 14.1. The van der Waals surface area contributed by atoms with E-state index in [0.717, 1.165) is 24.2 Å². The smallest absolute Gasteiger partial charge is 0.347 e. The van der Waals surface area contributed by atoms with Crippen molar-refractivity contribution in [2.24, 2.45) is 0 Å². The molecule has 0 bridgehead atoms. The first kappa shape index (κ1) is 12.3. The Balaban J connectivity index is 2.13. The average Bonchev–Trinajstić information content (AvgIpc) is 3.12. The lowest BCUT2D eigenvalue weighted by molar-refractivity contribution is 0.0700. The van der Waals surface area contributed by atoms with E-state index in [1.54, 1.807) is 25.1 Å². The number of rotatable bonds is 3. The second-order valence-electron chi connectivity index (χ2n) is 4.75. The van der Waals surface area contributed by atoms with Gasteiger partial charge < -0.3 is 5.11 Å². The fourth-order valence-corrected chi connectivity index (χ4v) is 3.06. The fraction of sp³-hybridized carbons (Fsp3) is 0.286. The van der Waals surface area contributed by atoms with Crippen molar-refractivity contribution in [1.29, 1.82) is 0 Å². The van der Waals surface area contributed by atoms with Crippen LogP contribution in [0.3, 0.4) is 0 Å². The summed E-state index contributed by atoms with van der Waals surface area (Å²) in [6.07, 6.45) is 1.94. The number of aromatic nitrogens is 1. The summed E-state index contributed by atoms with van der Waals surface area (Å²) in [6.45, 7) is 1.69. The molecule has 0 unspecified atom stereocenters. The predicted octanol–water partition coefficient (Wildman–Crippen LogP) is 3.83. The zero-order valence-corrected chi connectivity index (χ0v) is 11.1.